The molecule has 0 aliphatic heterocycles. The quantitative estimate of drug-likeness (QED) is 0.656. The van der Waals surface area contributed by atoms with Crippen molar-refractivity contribution < 1.29 is 0 Å². The average molecular weight is 179 g/mol. The summed E-state index contributed by atoms with van der Waals surface area (Å²) < 4.78 is 0. The lowest BCUT2D eigenvalue weighted by molar-refractivity contribution is 0.516. The minimum Gasteiger partial charge on any atom is -0.347 e. The second kappa shape index (κ2) is 5.54. The van der Waals surface area contributed by atoms with Gasteiger partial charge in [-0.15, -0.1) is 6.58 Å². The van der Waals surface area contributed by atoms with Crippen LogP contribution in [0.15, 0.2) is 25.0 Å². The lowest BCUT2D eigenvalue weighted by Gasteiger charge is -2.13. The average Bonchev–Trinajstić information content (AvgIpc) is 2.65. The van der Waals surface area contributed by atoms with Crippen molar-refractivity contribution in [3.05, 3.63) is 30.9 Å². The van der Waals surface area contributed by atoms with Crippen molar-refractivity contribution in [2.24, 2.45) is 0 Å². The second-order valence-corrected chi connectivity index (χ2v) is 3.01. The molecule has 0 saturated heterocycles. The first-order chi connectivity index (χ1) is 6.38. The Kier molecular flexibility index (Phi) is 4.26. The lowest BCUT2D eigenvalue weighted by atomic mass is 10.2. The number of rotatable bonds is 6. The molecule has 1 heterocycles. The highest BCUT2D eigenvalue weighted by Gasteiger charge is 2.09. The Labute approximate surface area is 79.3 Å². The van der Waals surface area contributed by atoms with Gasteiger partial charge in [-0.1, -0.05) is 13.0 Å². The Morgan fingerprint density at radius 3 is 3.15 bits per heavy atom. The van der Waals surface area contributed by atoms with Gasteiger partial charge in [0.1, 0.15) is 5.82 Å². The number of aromatic amines is 1. The van der Waals surface area contributed by atoms with Gasteiger partial charge in [-0.25, -0.2) is 4.98 Å². The van der Waals surface area contributed by atoms with Crippen LogP contribution in [0.5, 0.6) is 0 Å². The lowest BCUT2D eigenvalue weighted by Crippen LogP contribution is -2.22. The molecule has 0 saturated carbocycles. The predicted molar refractivity (Wildman–Crippen MR) is 54.4 cm³/mol. The Balaban J connectivity index is 2.51. The first-order valence-electron chi connectivity index (χ1n) is 4.72. The molecule has 0 radical (unpaired) electrons. The summed E-state index contributed by atoms with van der Waals surface area (Å²) in [4.78, 5) is 7.33. The SMILES string of the molecule is C=CCC(NCCC)c1ncc[nH]1. The third-order valence-electron chi connectivity index (χ3n) is 1.89. The van der Waals surface area contributed by atoms with Crippen molar-refractivity contribution in [2.75, 3.05) is 6.54 Å². The number of nitrogens with one attached hydrogen (secondary N) is 2. The highest BCUT2D eigenvalue weighted by molar-refractivity contribution is 4.97. The van der Waals surface area contributed by atoms with Crippen molar-refractivity contribution in [1.29, 1.82) is 0 Å². The van der Waals surface area contributed by atoms with Crippen LogP contribution < -0.4 is 5.32 Å². The predicted octanol–water partition coefficient (Wildman–Crippen LogP) is 2.03. The molecule has 0 amide bonds. The fraction of sp³-hybridized carbons (Fsp3) is 0.500. The summed E-state index contributed by atoms with van der Waals surface area (Å²) >= 11 is 0. The van der Waals surface area contributed by atoms with Crippen LogP contribution in [0.25, 0.3) is 0 Å². The monoisotopic (exact) mass is 179 g/mol. The van der Waals surface area contributed by atoms with Crippen LogP contribution in [0, 0.1) is 0 Å². The zero-order valence-corrected chi connectivity index (χ0v) is 8.09. The van der Waals surface area contributed by atoms with Crippen LogP contribution in [0.1, 0.15) is 31.6 Å². The van der Waals surface area contributed by atoms with Crippen molar-refractivity contribution in [3.8, 4) is 0 Å². The molecule has 0 aromatic carbocycles. The molecule has 3 heteroatoms. The van der Waals surface area contributed by atoms with Gasteiger partial charge in [0.05, 0.1) is 6.04 Å². The molecule has 0 aliphatic rings. The van der Waals surface area contributed by atoms with E-state index in [2.05, 4.69) is 28.8 Å². The van der Waals surface area contributed by atoms with E-state index in [1.165, 1.54) is 0 Å². The molecule has 2 N–H and O–H groups in total. The first kappa shape index (κ1) is 9.99. The van der Waals surface area contributed by atoms with Crippen molar-refractivity contribution in [1.82, 2.24) is 15.3 Å². The third kappa shape index (κ3) is 3.03. The molecule has 1 aromatic rings. The maximum Gasteiger partial charge on any atom is 0.123 e. The molecule has 1 atom stereocenters. The van der Waals surface area contributed by atoms with Crippen LogP contribution >= 0.6 is 0 Å². The van der Waals surface area contributed by atoms with E-state index in [1.54, 1.807) is 6.20 Å². The van der Waals surface area contributed by atoms with Crippen LogP contribution in [0.4, 0.5) is 0 Å². The largest absolute Gasteiger partial charge is 0.347 e. The molecule has 3 nitrogen and oxygen atoms in total. The molecule has 1 rings (SSSR count). The van der Waals surface area contributed by atoms with Crippen LogP contribution in [0.3, 0.4) is 0 Å². The maximum atomic E-state index is 4.22. The number of nitrogens with zero attached hydrogens (tertiary/aromatic N) is 1. The zero-order chi connectivity index (χ0) is 9.52. The number of aromatic nitrogens is 2. The zero-order valence-electron chi connectivity index (χ0n) is 8.09. The fourth-order valence-electron chi connectivity index (χ4n) is 1.24. The van der Waals surface area contributed by atoms with E-state index in [-0.39, 0.29) is 6.04 Å². The summed E-state index contributed by atoms with van der Waals surface area (Å²) in [6.07, 6.45) is 7.58. The molecule has 0 spiro atoms. The molecular weight excluding hydrogens is 162 g/mol. The van der Waals surface area contributed by atoms with Crippen molar-refractivity contribution in [2.45, 2.75) is 25.8 Å². The Hall–Kier alpha value is -1.09. The molecule has 0 fully saturated rings. The van der Waals surface area contributed by atoms with E-state index in [4.69, 9.17) is 0 Å². The topological polar surface area (TPSA) is 40.7 Å². The van der Waals surface area contributed by atoms with E-state index >= 15 is 0 Å². The van der Waals surface area contributed by atoms with Gasteiger partial charge < -0.3 is 10.3 Å². The van der Waals surface area contributed by atoms with Gasteiger partial charge in [-0.3, -0.25) is 0 Å². The Bertz CT molecular complexity index is 228. The molecular formula is C10H17N3. The molecule has 72 valence electrons. The highest BCUT2D eigenvalue weighted by atomic mass is 15.0. The minimum atomic E-state index is 0.285. The second-order valence-electron chi connectivity index (χ2n) is 3.01. The van der Waals surface area contributed by atoms with Gasteiger partial charge in [0, 0.05) is 12.4 Å². The van der Waals surface area contributed by atoms with Gasteiger partial charge in [0.25, 0.3) is 0 Å². The van der Waals surface area contributed by atoms with Gasteiger partial charge in [-0.05, 0) is 19.4 Å². The number of imidazole rings is 1. The maximum absolute atomic E-state index is 4.22. The van der Waals surface area contributed by atoms with E-state index in [0.717, 1.165) is 25.2 Å². The van der Waals surface area contributed by atoms with Gasteiger partial charge >= 0.3 is 0 Å². The summed E-state index contributed by atoms with van der Waals surface area (Å²) in [7, 11) is 0. The summed E-state index contributed by atoms with van der Waals surface area (Å²) in [5.41, 5.74) is 0. The van der Waals surface area contributed by atoms with Gasteiger partial charge in [0.15, 0.2) is 0 Å². The standard InChI is InChI=1S/C10H17N3/c1-3-5-9(11-6-4-2)10-12-7-8-13-10/h3,7-9,11H,1,4-6H2,2H3,(H,12,13). The molecule has 0 bridgehead atoms. The number of hydrogen-bond donors (Lipinski definition) is 2. The Morgan fingerprint density at radius 2 is 2.62 bits per heavy atom. The van der Waals surface area contributed by atoms with Crippen molar-refractivity contribution >= 4 is 0 Å². The first-order valence-corrected chi connectivity index (χ1v) is 4.72. The smallest absolute Gasteiger partial charge is 0.123 e. The van der Waals surface area contributed by atoms with Crippen LogP contribution in [0.2, 0.25) is 0 Å². The molecule has 13 heavy (non-hydrogen) atoms. The van der Waals surface area contributed by atoms with Gasteiger partial charge in [0.2, 0.25) is 0 Å². The normalized spacial score (nSPS) is 12.7. The molecule has 1 unspecified atom stereocenters. The highest BCUT2D eigenvalue weighted by Crippen LogP contribution is 2.11. The Morgan fingerprint density at radius 1 is 1.77 bits per heavy atom. The van der Waals surface area contributed by atoms with E-state index in [9.17, 15) is 0 Å². The fourth-order valence-corrected chi connectivity index (χ4v) is 1.24. The summed E-state index contributed by atoms with van der Waals surface area (Å²) in [5.74, 6) is 0.994. The third-order valence-corrected chi connectivity index (χ3v) is 1.89. The van der Waals surface area contributed by atoms with Crippen molar-refractivity contribution in [3.63, 3.8) is 0 Å². The van der Waals surface area contributed by atoms with E-state index < -0.39 is 0 Å². The van der Waals surface area contributed by atoms with E-state index in [0.29, 0.717) is 0 Å². The minimum absolute atomic E-state index is 0.285. The molecule has 1 aromatic heterocycles. The van der Waals surface area contributed by atoms with Crippen LogP contribution in [-0.4, -0.2) is 16.5 Å². The van der Waals surface area contributed by atoms with Crippen LogP contribution in [-0.2, 0) is 0 Å². The van der Waals surface area contributed by atoms with Gasteiger partial charge in [-0.2, -0.15) is 0 Å². The summed E-state index contributed by atoms with van der Waals surface area (Å²) in [6, 6.07) is 0.285. The number of H-pyrrole nitrogens is 1. The summed E-state index contributed by atoms with van der Waals surface area (Å²) in [6.45, 7) is 6.90. The number of hydrogen-bond acceptors (Lipinski definition) is 2. The summed E-state index contributed by atoms with van der Waals surface area (Å²) in [5, 5.41) is 3.41. The molecule has 0 aliphatic carbocycles. The van der Waals surface area contributed by atoms with E-state index in [1.807, 2.05) is 12.3 Å².